The van der Waals surface area contributed by atoms with Crippen molar-refractivity contribution in [2.75, 3.05) is 6.54 Å². The van der Waals surface area contributed by atoms with Gasteiger partial charge >= 0.3 is 6.09 Å². The Hall–Kier alpha value is -1.14. The lowest BCUT2D eigenvalue weighted by Gasteiger charge is -2.28. The largest absolute Gasteiger partial charge is 0.465 e. The lowest BCUT2D eigenvalue weighted by Crippen LogP contribution is -2.41. The number of amides is 1. The van der Waals surface area contributed by atoms with Gasteiger partial charge in [-0.25, -0.2) is 4.79 Å². The van der Waals surface area contributed by atoms with Crippen molar-refractivity contribution in [3.05, 3.63) is 28.5 Å². The molecule has 2 atom stereocenters. The quantitative estimate of drug-likeness (QED) is 0.867. The zero-order valence-electron chi connectivity index (χ0n) is 12.4. The summed E-state index contributed by atoms with van der Waals surface area (Å²) in [5.74, 6) is 0.370. The molecule has 2 rings (SSSR count). The third-order valence-electron chi connectivity index (χ3n) is 4.20. The van der Waals surface area contributed by atoms with Gasteiger partial charge in [0.25, 0.3) is 0 Å². The van der Waals surface area contributed by atoms with Gasteiger partial charge in [-0.2, -0.15) is 0 Å². The number of pyridine rings is 1. The van der Waals surface area contributed by atoms with Crippen LogP contribution in [-0.4, -0.2) is 33.2 Å². The van der Waals surface area contributed by atoms with Crippen molar-refractivity contribution >= 4 is 22.0 Å². The van der Waals surface area contributed by atoms with Crippen molar-refractivity contribution in [2.45, 2.75) is 44.7 Å². The number of rotatable bonds is 4. The van der Waals surface area contributed by atoms with Crippen LogP contribution in [0.1, 0.15) is 44.8 Å². The Morgan fingerprint density at radius 3 is 2.95 bits per heavy atom. The third kappa shape index (κ3) is 3.95. The Balaban J connectivity index is 1.91. The summed E-state index contributed by atoms with van der Waals surface area (Å²) in [6, 6.07) is 3.71. The first-order chi connectivity index (χ1) is 9.79. The van der Waals surface area contributed by atoms with Crippen LogP contribution in [0.25, 0.3) is 0 Å². The van der Waals surface area contributed by atoms with Gasteiger partial charge < -0.3 is 15.7 Å². The second kappa shape index (κ2) is 6.32. The number of hydrogen-bond acceptors (Lipinski definition) is 3. The molecule has 5 nitrogen and oxygen atoms in total. The van der Waals surface area contributed by atoms with Crippen molar-refractivity contribution < 1.29 is 9.90 Å². The normalized spacial score (nSPS) is 22.3. The standard InChI is InChI=1S/C15H22BrN3O2/c1-15(2)8-10(9-19(15)14(20)21)3-4-12(17)13-7-11(16)5-6-18-13/h5-7,10,12H,3-4,8-9,17H2,1-2H3,(H,20,21)/t10-,12?/m0/s1. The molecule has 21 heavy (non-hydrogen) atoms. The third-order valence-corrected chi connectivity index (χ3v) is 4.69. The number of likely N-dealkylation sites (tertiary alicyclic amines) is 1. The molecule has 0 aliphatic carbocycles. The second-order valence-electron chi connectivity index (χ2n) is 6.36. The minimum atomic E-state index is -0.833. The minimum Gasteiger partial charge on any atom is -0.465 e. The van der Waals surface area contributed by atoms with Crippen molar-refractivity contribution in [1.29, 1.82) is 0 Å². The number of carbonyl (C=O) groups is 1. The van der Waals surface area contributed by atoms with Crippen molar-refractivity contribution in [1.82, 2.24) is 9.88 Å². The highest BCUT2D eigenvalue weighted by Gasteiger charge is 2.40. The first-order valence-corrected chi connectivity index (χ1v) is 7.96. The fraction of sp³-hybridized carbons (Fsp3) is 0.600. The van der Waals surface area contributed by atoms with Crippen LogP contribution in [0.3, 0.4) is 0 Å². The smallest absolute Gasteiger partial charge is 0.407 e. The van der Waals surface area contributed by atoms with Crippen molar-refractivity contribution in [2.24, 2.45) is 11.7 Å². The van der Waals surface area contributed by atoms with Gasteiger partial charge in [0.05, 0.1) is 5.69 Å². The minimum absolute atomic E-state index is 0.107. The fourth-order valence-corrected chi connectivity index (χ4v) is 3.46. The molecule has 1 unspecified atom stereocenters. The van der Waals surface area contributed by atoms with Gasteiger partial charge in [-0.3, -0.25) is 4.98 Å². The van der Waals surface area contributed by atoms with E-state index in [9.17, 15) is 9.90 Å². The maximum atomic E-state index is 11.2. The van der Waals surface area contributed by atoms with E-state index in [1.54, 1.807) is 11.1 Å². The molecule has 1 aliphatic rings. The molecule has 3 N–H and O–H groups in total. The van der Waals surface area contributed by atoms with Crippen LogP contribution in [0, 0.1) is 5.92 Å². The van der Waals surface area contributed by atoms with E-state index in [2.05, 4.69) is 20.9 Å². The maximum absolute atomic E-state index is 11.2. The summed E-state index contributed by atoms with van der Waals surface area (Å²) in [4.78, 5) is 17.1. The predicted molar refractivity (Wildman–Crippen MR) is 85.0 cm³/mol. The van der Waals surface area contributed by atoms with Crippen LogP contribution in [0.2, 0.25) is 0 Å². The van der Waals surface area contributed by atoms with E-state index in [0.717, 1.165) is 29.4 Å². The molecule has 0 bridgehead atoms. The Labute approximate surface area is 133 Å². The molecule has 1 amide bonds. The van der Waals surface area contributed by atoms with E-state index >= 15 is 0 Å². The monoisotopic (exact) mass is 355 g/mol. The molecular formula is C15H22BrN3O2. The summed E-state index contributed by atoms with van der Waals surface area (Å²) in [5.41, 5.74) is 6.78. The van der Waals surface area contributed by atoms with E-state index in [-0.39, 0.29) is 11.6 Å². The molecule has 1 aliphatic heterocycles. The summed E-state index contributed by atoms with van der Waals surface area (Å²) in [7, 11) is 0. The van der Waals surface area contributed by atoms with Gasteiger partial charge in [0.2, 0.25) is 0 Å². The summed E-state index contributed by atoms with van der Waals surface area (Å²) < 4.78 is 0.974. The van der Waals surface area contributed by atoms with E-state index in [1.807, 2.05) is 26.0 Å². The van der Waals surface area contributed by atoms with Crippen LogP contribution in [-0.2, 0) is 0 Å². The Morgan fingerprint density at radius 1 is 1.67 bits per heavy atom. The van der Waals surface area contributed by atoms with Gasteiger partial charge in [0.1, 0.15) is 0 Å². The van der Waals surface area contributed by atoms with E-state index in [4.69, 9.17) is 5.73 Å². The van der Waals surface area contributed by atoms with E-state index in [1.165, 1.54) is 0 Å². The zero-order valence-corrected chi connectivity index (χ0v) is 14.0. The van der Waals surface area contributed by atoms with Gasteiger partial charge in [0.15, 0.2) is 0 Å². The number of nitrogens with two attached hydrogens (primary N) is 1. The molecule has 2 heterocycles. The first-order valence-electron chi connectivity index (χ1n) is 7.17. The summed E-state index contributed by atoms with van der Waals surface area (Å²) >= 11 is 3.42. The highest BCUT2D eigenvalue weighted by molar-refractivity contribution is 9.10. The van der Waals surface area contributed by atoms with Crippen molar-refractivity contribution in [3.63, 3.8) is 0 Å². The average Bonchev–Trinajstić information content (AvgIpc) is 2.71. The topological polar surface area (TPSA) is 79.5 Å². The molecule has 116 valence electrons. The molecule has 0 spiro atoms. The summed E-state index contributed by atoms with van der Waals surface area (Å²) in [5, 5.41) is 9.24. The number of nitrogens with zero attached hydrogens (tertiary/aromatic N) is 2. The van der Waals surface area contributed by atoms with Crippen molar-refractivity contribution in [3.8, 4) is 0 Å². The predicted octanol–water partition coefficient (Wildman–Crippen LogP) is 3.40. The number of hydrogen-bond donors (Lipinski definition) is 2. The van der Waals surface area contributed by atoms with Crippen LogP contribution in [0.5, 0.6) is 0 Å². The Bertz CT molecular complexity index is 521. The van der Waals surface area contributed by atoms with Crippen LogP contribution >= 0.6 is 15.9 Å². The Morgan fingerprint density at radius 2 is 2.38 bits per heavy atom. The van der Waals surface area contributed by atoms with E-state index in [0.29, 0.717) is 12.5 Å². The second-order valence-corrected chi connectivity index (χ2v) is 7.27. The van der Waals surface area contributed by atoms with Crippen LogP contribution < -0.4 is 5.73 Å². The Kier molecular flexibility index (Phi) is 4.88. The van der Waals surface area contributed by atoms with Gasteiger partial charge in [-0.05, 0) is 51.2 Å². The van der Waals surface area contributed by atoms with Crippen LogP contribution in [0.15, 0.2) is 22.8 Å². The highest BCUT2D eigenvalue weighted by Crippen LogP contribution is 2.35. The number of halogens is 1. The SMILES string of the molecule is CC1(C)C[C@H](CCC(N)c2cc(Br)ccn2)CN1C(=O)O. The molecule has 0 radical (unpaired) electrons. The molecule has 1 aromatic heterocycles. The highest BCUT2D eigenvalue weighted by atomic mass is 79.9. The molecule has 1 fully saturated rings. The van der Waals surface area contributed by atoms with E-state index < -0.39 is 6.09 Å². The summed E-state index contributed by atoms with van der Waals surface area (Å²) in [6.07, 6.45) is 3.53. The first kappa shape index (κ1) is 16.2. The van der Waals surface area contributed by atoms with Gasteiger partial charge in [0, 0.05) is 28.8 Å². The zero-order chi connectivity index (χ0) is 15.6. The lowest BCUT2D eigenvalue weighted by atomic mass is 9.91. The molecule has 1 aromatic rings. The summed E-state index contributed by atoms with van der Waals surface area (Å²) in [6.45, 7) is 4.56. The molecule has 0 aromatic carbocycles. The molecule has 6 heteroatoms. The fourth-order valence-electron chi connectivity index (χ4n) is 3.10. The lowest BCUT2D eigenvalue weighted by molar-refractivity contribution is 0.117. The molecule has 1 saturated heterocycles. The molecule has 0 saturated carbocycles. The average molecular weight is 356 g/mol. The van der Waals surface area contributed by atoms with Crippen LogP contribution in [0.4, 0.5) is 4.79 Å². The number of aromatic nitrogens is 1. The number of carboxylic acid groups (broad SMARTS) is 1. The van der Waals surface area contributed by atoms with Gasteiger partial charge in [-0.1, -0.05) is 15.9 Å². The maximum Gasteiger partial charge on any atom is 0.407 e. The van der Waals surface area contributed by atoms with Gasteiger partial charge in [-0.15, -0.1) is 0 Å². The molecular weight excluding hydrogens is 334 g/mol.